The van der Waals surface area contributed by atoms with Crippen molar-refractivity contribution in [1.29, 1.82) is 0 Å². The molecule has 2 aliphatic rings. The molecule has 0 unspecified atom stereocenters. The molecule has 6 heteroatoms. The second-order valence-electron chi connectivity index (χ2n) is 7.44. The van der Waals surface area contributed by atoms with Crippen LogP contribution in [0.4, 0.5) is 0 Å². The maximum Gasteiger partial charge on any atom is 0.312 e. The lowest BCUT2D eigenvalue weighted by Crippen LogP contribution is -2.38. The molecule has 0 amide bonds. The number of halogens is 1. The molecule has 2 fully saturated rings. The van der Waals surface area contributed by atoms with E-state index in [-0.39, 0.29) is 23.8 Å². The summed E-state index contributed by atoms with van der Waals surface area (Å²) in [6.45, 7) is 9.26. The summed E-state index contributed by atoms with van der Waals surface area (Å²) < 4.78 is 17.1. The smallest absolute Gasteiger partial charge is 0.312 e. The monoisotopic (exact) mass is 464 g/mol. The number of aliphatic hydroxyl groups is 1. The van der Waals surface area contributed by atoms with Crippen molar-refractivity contribution in [3.63, 3.8) is 0 Å². The second kappa shape index (κ2) is 8.97. The van der Waals surface area contributed by atoms with Crippen molar-refractivity contribution in [2.75, 3.05) is 17.6 Å². The third kappa shape index (κ3) is 5.05. The third-order valence-electron chi connectivity index (χ3n) is 5.08. The zero-order valence-corrected chi connectivity index (χ0v) is 17.6. The second-order valence-corrected chi connectivity index (χ2v) is 8.32. The Balaban J connectivity index is 1.92. The average Bonchev–Trinajstić information content (AvgIpc) is 3.13. The van der Waals surface area contributed by atoms with Crippen LogP contribution in [0.25, 0.3) is 0 Å². The van der Waals surface area contributed by atoms with Crippen molar-refractivity contribution in [1.82, 2.24) is 0 Å². The molecule has 1 N–H and O–H groups in total. The molecule has 142 valence electrons. The highest BCUT2D eigenvalue weighted by atomic mass is 127. The summed E-state index contributed by atoms with van der Waals surface area (Å²) in [6, 6.07) is 0. The SMILES string of the molecule is C/C(=C\[C@H](O)[C@@H]1C(=O)O[C@@H](CI)C1(C)C)CC/C=C(\C)C1OCCO1. The Bertz CT molecular complexity index is 534. The summed E-state index contributed by atoms with van der Waals surface area (Å²) in [7, 11) is 0. The lowest BCUT2D eigenvalue weighted by atomic mass is 9.74. The summed E-state index contributed by atoms with van der Waals surface area (Å²) >= 11 is 2.22. The quantitative estimate of drug-likeness (QED) is 0.271. The maximum absolute atomic E-state index is 12.2. The molecule has 2 rings (SSSR count). The van der Waals surface area contributed by atoms with Crippen LogP contribution in [0.3, 0.4) is 0 Å². The van der Waals surface area contributed by atoms with Gasteiger partial charge in [-0.2, -0.15) is 0 Å². The van der Waals surface area contributed by atoms with Gasteiger partial charge in [-0.05, 0) is 32.3 Å². The topological polar surface area (TPSA) is 65.0 Å². The predicted molar refractivity (Wildman–Crippen MR) is 104 cm³/mol. The fourth-order valence-electron chi connectivity index (χ4n) is 3.40. The highest BCUT2D eigenvalue weighted by molar-refractivity contribution is 14.1. The van der Waals surface area contributed by atoms with E-state index >= 15 is 0 Å². The number of allylic oxidation sites excluding steroid dienone is 2. The zero-order valence-electron chi connectivity index (χ0n) is 15.5. The first kappa shape index (κ1) is 20.9. The fourth-order valence-corrected chi connectivity index (χ4v) is 4.71. The van der Waals surface area contributed by atoms with Gasteiger partial charge in [-0.25, -0.2) is 0 Å². The minimum atomic E-state index is -0.818. The number of cyclic esters (lactones) is 1. The molecule has 0 spiro atoms. The van der Waals surface area contributed by atoms with Crippen LogP contribution >= 0.6 is 22.6 Å². The van der Waals surface area contributed by atoms with Crippen LogP contribution in [-0.2, 0) is 19.0 Å². The number of hydrogen-bond acceptors (Lipinski definition) is 5. The van der Waals surface area contributed by atoms with Crippen molar-refractivity contribution in [3.8, 4) is 0 Å². The number of ether oxygens (including phenoxy) is 3. The number of esters is 1. The molecule has 2 saturated heterocycles. The number of hydrogen-bond donors (Lipinski definition) is 1. The largest absolute Gasteiger partial charge is 0.461 e. The summed E-state index contributed by atoms with van der Waals surface area (Å²) in [5, 5.41) is 10.6. The van der Waals surface area contributed by atoms with Gasteiger partial charge in [0.15, 0.2) is 6.29 Å². The van der Waals surface area contributed by atoms with Gasteiger partial charge in [0.2, 0.25) is 0 Å². The summed E-state index contributed by atoms with van der Waals surface area (Å²) in [4.78, 5) is 12.2. The minimum absolute atomic E-state index is 0.147. The van der Waals surface area contributed by atoms with Gasteiger partial charge in [0.05, 0.1) is 25.2 Å². The summed E-state index contributed by atoms with van der Waals surface area (Å²) in [5.74, 6) is -0.811. The molecular formula is C19H29IO5. The van der Waals surface area contributed by atoms with Crippen molar-refractivity contribution in [2.24, 2.45) is 11.3 Å². The van der Waals surface area contributed by atoms with Gasteiger partial charge in [0, 0.05) is 9.84 Å². The van der Waals surface area contributed by atoms with Gasteiger partial charge in [-0.1, -0.05) is 54.2 Å². The van der Waals surface area contributed by atoms with Crippen LogP contribution in [-0.4, -0.2) is 47.2 Å². The Morgan fingerprint density at radius 1 is 1.36 bits per heavy atom. The predicted octanol–water partition coefficient (Wildman–Crippen LogP) is 3.40. The number of rotatable bonds is 7. The molecule has 0 radical (unpaired) electrons. The standard InChI is InChI=1S/C19H29IO5/c1-12(6-5-7-13(2)18-23-8-9-24-18)10-14(21)16-17(22)25-15(11-20)19(16,3)4/h7,10,14-16,18,21H,5-6,8-9,11H2,1-4H3/b12-10+,13-7+/t14-,15-,16+/m0/s1. The first-order valence-electron chi connectivity index (χ1n) is 8.79. The Morgan fingerprint density at radius 2 is 2.00 bits per heavy atom. The lowest BCUT2D eigenvalue weighted by molar-refractivity contribution is -0.145. The number of aliphatic hydroxyl groups excluding tert-OH is 1. The highest BCUT2D eigenvalue weighted by Gasteiger charge is 2.53. The van der Waals surface area contributed by atoms with E-state index in [4.69, 9.17) is 14.2 Å². The molecule has 0 aromatic heterocycles. The van der Waals surface area contributed by atoms with Crippen molar-refractivity contribution in [2.45, 2.75) is 59.0 Å². The van der Waals surface area contributed by atoms with Crippen LogP contribution in [0, 0.1) is 11.3 Å². The normalized spacial score (nSPS) is 29.1. The van der Waals surface area contributed by atoms with E-state index < -0.39 is 12.0 Å². The number of alkyl halides is 1. The highest BCUT2D eigenvalue weighted by Crippen LogP contribution is 2.43. The Morgan fingerprint density at radius 3 is 2.56 bits per heavy atom. The van der Waals surface area contributed by atoms with E-state index in [1.807, 2.05) is 27.7 Å². The van der Waals surface area contributed by atoms with Crippen LogP contribution in [0.15, 0.2) is 23.3 Å². The minimum Gasteiger partial charge on any atom is -0.461 e. The first-order chi connectivity index (χ1) is 11.8. The maximum atomic E-state index is 12.2. The summed E-state index contributed by atoms with van der Waals surface area (Å²) in [6.07, 6.45) is 4.40. The van der Waals surface area contributed by atoms with E-state index in [1.165, 1.54) is 0 Å². The van der Waals surface area contributed by atoms with Crippen LogP contribution in [0.1, 0.15) is 40.5 Å². The lowest BCUT2D eigenvalue weighted by Gasteiger charge is -2.29. The van der Waals surface area contributed by atoms with Crippen molar-refractivity contribution < 1.29 is 24.1 Å². The molecule has 0 aliphatic carbocycles. The van der Waals surface area contributed by atoms with Gasteiger partial charge in [-0.3, -0.25) is 4.79 Å². The van der Waals surface area contributed by atoms with Crippen molar-refractivity contribution in [3.05, 3.63) is 23.3 Å². The van der Waals surface area contributed by atoms with Crippen LogP contribution in [0.5, 0.6) is 0 Å². The first-order valence-corrected chi connectivity index (χ1v) is 10.3. The van der Waals surface area contributed by atoms with E-state index in [0.29, 0.717) is 13.2 Å². The van der Waals surface area contributed by atoms with Gasteiger partial charge < -0.3 is 19.3 Å². The molecule has 0 aromatic carbocycles. The molecule has 25 heavy (non-hydrogen) atoms. The molecule has 3 atom stereocenters. The van der Waals surface area contributed by atoms with Gasteiger partial charge in [-0.15, -0.1) is 0 Å². The van der Waals surface area contributed by atoms with Crippen LogP contribution < -0.4 is 0 Å². The molecule has 2 heterocycles. The van der Waals surface area contributed by atoms with E-state index in [9.17, 15) is 9.90 Å². The summed E-state index contributed by atoms with van der Waals surface area (Å²) in [5.41, 5.74) is 1.77. The van der Waals surface area contributed by atoms with E-state index in [0.717, 1.165) is 28.4 Å². The molecule has 2 aliphatic heterocycles. The van der Waals surface area contributed by atoms with Gasteiger partial charge in [0.1, 0.15) is 6.10 Å². The van der Waals surface area contributed by atoms with Gasteiger partial charge in [0.25, 0.3) is 0 Å². The molecule has 0 aromatic rings. The molecule has 5 nitrogen and oxygen atoms in total. The zero-order chi connectivity index (χ0) is 18.6. The molecular weight excluding hydrogens is 435 g/mol. The Labute approximate surface area is 163 Å². The third-order valence-corrected chi connectivity index (χ3v) is 5.88. The number of carbonyl (C=O) groups is 1. The average molecular weight is 464 g/mol. The molecule has 0 bridgehead atoms. The van der Waals surface area contributed by atoms with E-state index in [1.54, 1.807) is 6.08 Å². The molecule has 0 saturated carbocycles. The Hall–Kier alpha value is -0.440. The Kier molecular flexibility index (Phi) is 7.49. The van der Waals surface area contributed by atoms with Crippen LogP contribution in [0.2, 0.25) is 0 Å². The van der Waals surface area contributed by atoms with Crippen molar-refractivity contribution >= 4 is 28.6 Å². The fraction of sp³-hybridized carbons (Fsp3) is 0.737. The number of carbonyl (C=O) groups excluding carboxylic acids is 1. The van der Waals surface area contributed by atoms with E-state index in [2.05, 4.69) is 28.7 Å². The van der Waals surface area contributed by atoms with Gasteiger partial charge >= 0.3 is 5.97 Å².